The summed E-state index contributed by atoms with van der Waals surface area (Å²) in [5.74, 6) is 1.09. The van der Waals surface area contributed by atoms with Gasteiger partial charge in [0, 0.05) is 5.54 Å². The van der Waals surface area contributed by atoms with Gasteiger partial charge in [-0.2, -0.15) is 0 Å². The summed E-state index contributed by atoms with van der Waals surface area (Å²) in [6.45, 7) is 9.39. The molecule has 1 fully saturated rings. The van der Waals surface area contributed by atoms with Crippen LogP contribution in [0.3, 0.4) is 0 Å². The Kier molecular flexibility index (Phi) is 6.65. The molecular formula is C28H38N2OS. The van der Waals surface area contributed by atoms with Gasteiger partial charge in [0.25, 0.3) is 0 Å². The molecule has 2 aromatic rings. The molecule has 0 radical (unpaired) electrons. The molecule has 0 heterocycles. The summed E-state index contributed by atoms with van der Waals surface area (Å²) in [6.07, 6.45) is 5.85. The minimum atomic E-state index is -0.198. The van der Waals surface area contributed by atoms with Crippen molar-refractivity contribution < 1.29 is 5.11 Å². The van der Waals surface area contributed by atoms with E-state index in [9.17, 15) is 5.11 Å². The topological polar surface area (TPSA) is 44.3 Å². The van der Waals surface area contributed by atoms with Gasteiger partial charge >= 0.3 is 0 Å². The molecule has 172 valence electrons. The van der Waals surface area contributed by atoms with Crippen LogP contribution in [0.15, 0.2) is 48.5 Å². The Morgan fingerprint density at radius 1 is 1.09 bits per heavy atom. The molecule has 2 aliphatic rings. The summed E-state index contributed by atoms with van der Waals surface area (Å²) in [5.41, 5.74) is 5.68. The summed E-state index contributed by atoms with van der Waals surface area (Å²) in [5, 5.41) is 17.7. The van der Waals surface area contributed by atoms with E-state index in [-0.39, 0.29) is 23.6 Å². The van der Waals surface area contributed by atoms with Crippen molar-refractivity contribution >= 4 is 17.3 Å². The third kappa shape index (κ3) is 4.32. The maximum absolute atomic E-state index is 9.95. The van der Waals surface area contributed by atoms with Crippen LogP contribution >= 0.6 is 12.2 Å². The van der Waals surface area contributed by atoms with Gasteiger partial charge in [0.05, 0.1) is 12.6 Å². The first-order valence-corrected chi connectivity index (χ1v) is 12.6. The average molecular weight is 451 g/mol. The Hall–Kier alpha value is -1.91. The third-order valence-electron chi connectivity index (χ3n) is 8.13. The van der Waals surface area contributed by atoms with Crippen LogP contribution in [0, 0.1) is 5.92 Å². The molecule has 0 aromatic heterocycles. The first kappa shape index (κ1) is 23.3. The van der Waals surface area contributed by atoms with Crippen LogP contribution in [0.1, 0.15) is 87.6 Å². The Labute approximate surface area is 199 Å². The molecule has 2 aliphatic carbocycles. The predicted octanol–water partition coefficient (Wildman–Crippen LogP) is 5.77. The second kappa shape index (κ2) is 9.15. The maximum Gasteiger partial charge on any atom is 0.167 e. The first-order chi connectivity index (χ1) is 15.3. The highest BCUT2D eigenvalue weighted by Gasteiger charge is 2.52. The van der Waals surface area contributed by atoms with E-state index < -0.39 is 0 Å². The molecule has 32 heavy (non-hydrogen) atoms. The molecule has 4 atom stereocenters. The molecule has 3 N–H and O–H groups in total. The zero-order valence-electron chi connectivity index (χ0n) is 19.9. The van der Waals surface area contributed by atoms with E-state index in [0.717, 1.165) is 18.4 Å². The van der Waals surface area contributed by atoms with Crippen molar-refractivity contribution in [1.82, 2.24) is 10.6 Å². The molecule has 1 saturated carbocycles. The van der Waals surface area contributed by atoms with Crippen LogP contribution in [0.4, 0.5) is 0 Å². The summed E-state index contributed by atoms with van der Waals surface area (Å²) < 4.78 is 0. The normalized spacial score (nSPS) is 27.9. The molecule has 0 aliphatic heterocycles. The lowest BCUT2D eigenvalue weighted by atomic mass is 9.52. The summed E-state index contributed by atoms with van der Waals surface area (Å²) in [7, 11) is 0. The van der Waals surface area contributed by atoms with Crippen LogP contribution in [0.2, 0.25) is 0 Å². The molecule has 2 aromatic carbocycles. The molecule has 4 heteroatoms. The van der Waals surface area contributed by atoms with Crippen LogP contribution in [0.25, 0.3) is 0 Å². The third-order valence-corrected chi connectivity index (χ3v) is 8.35. The Bertz CT molecular complexity index is 959. The SMILES string of the molecule is CC(C)c1ccc2c(c1)CC[C@H]1[C@](C)(NC(=S)N[C@H](CO)c3ccccc3)CCC[C@]21C. The van der Waals surface area contributed by atoms with E-state index in [1.165, 1.54) is 24.8 Å². The minimum absolute atomic E-state index is 0.00918. The van der Waals surface area contributed by atoms with Crippen molar-refractivity contribution in [3.05, 3.63) is 70.8 Å². The van der Waals surface area contributed by atoms with Gasteiger partial charge in [-0.05, 0) is 84.3 Å². The number of aryl methyl sites for hydroxylation is 1. The average Bonchev–Trinajstić information content (AvgIpc) is 2.77. The van der Waals surface area contributed by atoms with Crippen molar-refractivity contribution in [2.24, 2.45) is 5.92 Å². The van der Waals surface area contributed by atoms with Gasteiger partial charge in [-0.25, -0.2) is 0 Å². The molecule has 0 bridgehead atoms. The van der Waals surface area contributed by atoms with E-state index in [0.29, 0.717) is 16.9 Å². The highest BCUT2D eigenvalue weighted by molar-refractivity contribution is 7.80. The van der Waals surface area contributed by atoms with Gasteiger partial charge < -0.3 is 15.7 Å². The van der Waals surface area contributed by atoms with Crippen LogP contribution in [-0.2, 0) is 11.8 Å². The highest BCUT2D eigenvalue weighted by atomic mass is 32.1. The molecular weight excluding hydrogens is 412 g/mol. The van der Waals surface area contributed by atoms with Crippen LogP contribution in [-0.4, -0.2) is 22.4 Å². The zero-order chi connectivity index (χ0) is 22.9. The van der Waals surface area contributed by atoms with Crippen molar-refractivity contribution in [3.8, 4) is 0 Å². The zero-order valence-corrected chi connectivity index (χ0v) is 20.8. The fourth-order valence-corrected chi connectivity index (χ4v) is 6.77. The molecule has 0 saturated heterocycles. The molecule has 0 unspecified atom stereocenters. The minimum Gasteiger partial charge on any atom is -0.394 e. The van der Waals surface area contributed by atoms with Gasteiger partial charge in [0.1, 0.15) is 0 Å². The monoisotopic (exact) mass is 450 g/mol. The summed E-state index contributed by atoms with van der Waals surface area (Å²) in [6, 6.07) is 17.0. The van der Waals surface area contributed by atoms with E-state index in [1.54, 1.807) is 11.1 Å². The fourth-order valence-electron chi connectivity index (χ4n) is 6.39. The largest absolute Gasteiger partial charge is 0.394 e. The first-order valence-electron chi connectivity index (χ1n) is 12.1. The number of nitrogens with one attached hydrogen (secondary N) is 2. The summed E-state index contributed by atoms with van der Waals surface area (Å²) >= 11 is 5.77. The number of aliphatic hydroxyl groups excluding tert-OH is 1. The van der Waals surface area contributed by atoms with Gasteiger partial charge in [0.2, 0.25) is 0 Å². The second-order valence-corrected chi connectivity index (χ2v) is 11.0. The molecule has 0 amide bonds. The van der Waals surface area contributed by atoms with Crippen molar-refractivity contribution in [2.45, 2.75) is 82.7 Å². The number of thiocarbonyl (C=S) groups is 1. The predicted molar refractivity (Wildman–Crippen MR) is 137 cm³/mol. The van der Waals surface area contributed by atoms with E-state index in [4.69, 9.17) is 12.2 Å². The number of hydrogen-bond acceptors (Lipinski definition) is 2. The lowest BCUT2D eigenvalue weighted by molar-refractivity contribution is 0.0760. The van der Waals surface area contributed by atoms with Crippen LogP contribution < -0.4 is 10.6 Å². The fraction of sp³-hybridized carbons (Fsp3) is 0.536. The standard InChI is InChI=1S/C28H38N2OS/c1-19(2)21-11-13-23-22(17-21)12-14-25-27(23,3)15-8-16-28(25,4)30-26(32)29-24(18-31)20-9-6-5-7-10-20/h5-7,9-11,13,17,19,24-25,31H,8,12,14-16,18H2,1-4H3,(H2,29,30,32)/t24-,25-,27-,28-/m1/s1. The quantitative estimate of drug-likeness (QED) is 0.506. The van der Waals surface area contributed by atoms with Crippen LogP contribution in [0.5, 0.6) is 0 Å². The summed E-state index contributed by atoms with van der Waals surface area (Å²) in [4.78, 5) is 0. The lowest BCUT2D eigenvalue weighted by Gasteiger charge is -2.56. The number of fused-ring (bicyclic) bond motifs is 3. The molecule has 4 rings (SSSR count). The Morgan fingerprint density at radius 2 is 1.84 bits per heavy atom. The number of rotatable bonds is 5. The van der Waals surface area contributed by atoms with Crippen molar-refractivity contribution in [1.29, 1.82) is 0 Å². The number of hydrogen-bond donors (Lipinski definition) is 3. The van der Waals surface area contributed by atoms with E-state index in [1.807, 2.05) is 30.3 Å². The van der Waals surface area contributed by atoms with Crippen molar-refractivity contribution in [3.63, 3.8) is 0 Å². The highest BCUT2D eigenvalue weighted by Crippen LogP contribution is 2.53. The number of aliphatic hydroxyl groups is 1. The van der Waals surface area contributed by atoms with Gasteiger partial charge in [-0.15, -0.1) is 0 Å². The van der Waals surface area contributed by atoms with Gasteiger partial charge in [0.15, 0.2) is 5.11 Å². The smallest absolute Gasteiger partial charge is 0.167 e. The Morgan fingerprint density at radius 3 is 2.53 bits per heavy atom. The lowest BCUT2D eigenvalue weighted by Crippen LogP contribution is -2.62. The molecule has 3 nitrogen and oxygen atoms in total. The number of benzene rings is 2. The van der Waals surface area contributed by atoms with E-state index >= 15 is 0 Å². The van der Waals surface area contributed by atoms with Crippen molar-refractivity contribution in [2.75, 3.05) is 6.61 Å². The van der Waals surface area contributed by atoms with Gasteiger partial charge in [-0.1, -0.05) is 75.7 Å². The van der Waals surface area contributed by atoms with E-state index in [2.05, 4.69) is 56.5 Å². The maximum atomic E-state index is 9.95. The Balaban J connectivity index is 1.54. The second-order valence-electron chi connectivity index (χ2n) is 10.6. The van der Waals surface area contributed by atoms with Gasteiger partial charge in [-0.3, -0.25) is 0 Å². The molecule has 0 spiro atoms.